The molecule has 0 atom stereocenters. The third kappa shape index (κ3) is 4.95. The van der Waals surface area contributed by atoms with E-state index in [2.05, 4.69) is 20.4 Å². The molecule has 12 heteroatoms. The molecule has 0 unspecified atom stereocenters. The van der Waals surface area contributed by atoms with Crippen molar-refractivity contribution in [1.29, 1.82) is 0 Å². The van der Waals surface area contributed by atoms with Crippen LogP contribution in [0.1, 0.15) is 35.8 Å². The Morgan fingerprint density at radius 1 is 1.14 bits per heavy atom. The molecule has 0 aliphatic rings. The lowest BCUT2D eigenvalue weighted by Crippen LogP contribution is -2.06. The smallest absolute Gasteiger partial charge is 0.416 e. The number of hydrogen-bond acceptors (Lipinski definition) is 7. The highest BCUT2D eigenvalue weighted by molar-refractivity contribution is 6.01. The first-order valence-corrected chi connectivity index (χ1v) is 11.0. The molecule has 0 saturated heterocycles. The first-order valence-electron chi connectivity index (χ1n) is 11.0. The van der Waals surface area contributed by atoms with Crippen LogP contribution in [-0.2, 0) is 6.18 Å². The van der Waals surface area contributed by atoms with E-state index in [9.17, 15) is 22.4 Å². The van der Waals surface area contributed by atoms with Crippen LogP contribution in [0.2, 0.25) is 0 Å². The number of aldehydes is 1. The first kappa shape index (κ1) is 25.6. The quantitative estimate of drug-likeness (QED) is 0.220. The summed E-state index contributed by atoms with van der Waals surface area (Å²) in [7, 11) is 1.36. The molecule has 3 aromatic heterocycles. The van der Waals surface area contributed by atoms with Crippen LogP contribution in [0.15, 0.2) is 53.4 Å². The van der Waals surface area contributed by atoms with Crippen molar-refractivity contribution in [2.45, 2.75) is 26.1 Å². The Hall–Kier alpha value is -4.48. The van der Waals surface area contributed by atoms with E-state index in [4.69, 9.17) is 10.2 Å². The Bertz CT molecular complexity index is 1590. The second-order valence-electron chi connectivity index (χ2n) is 8.31. The zero-order chi connectivity index (χ0) is 26.9. The Morgan fingerprint density at radius 2 is 1.89 bits per heavy atom. The van der Waals surface area contributed by atoms with E-state index in [-0.39, 0.29) is 11.7 Å². The normalized spacial score (nSPS) is 11.6. The number of nitrogens with one attached hydrogen (secondary N) is 1. The van der Waals surface area contributed by atoms with Crippen LogP contribution in [0.25, 0.3) is 33.3 Å². The number of hydrogen-bond donors (Lipinski definition) is 2. The van der Waals surface area contributed by atoms with Crippen molar-refractivity contribution in [2.24, 2.45) is 0 Å². The van der Waals surface area contributed by atoms with Crippen LogP contribution >= 0.6 is 0 Å². The number of fused-ring (bicyclic) bond motifs is 2. The molecule has 5 rings (SSSR count). The molecule has 0 bridgehead atoms. The van der Waals surface area contributed by atoms with Gasteiger partial charge in [0.15, 0.2) is 11.9 Å². The van der Waals surface area contributed by atoms with E-state index in [1.165, 1.54) is 19.6 Å². The van der Waals surface area contributed by atoms with Crippen LogP contribution in [0.4, 0.5) is 29.1 Å². The van der Waals surface area contributed by atoms with Gasteiger partial charge in [-0.3, -0.25) is 4.79 Å². The van der Waals surface area contributed by atoms with Gasteiger partial charge in [-0.1, -0.05) is 6.07 Å². The molecule has 37 heavy (non-hydrogen) atoms. The molecule has 0 aliphatic heterocycles. The van der Waals surface area contributed by atoms with Crippen molar-refractivity contribution < 1.29 is 26.8 Å². The maximum Gasteiger partial charge on any atom is 0.416 e. The number of nitrogen functional groups attached to an aromatic ring is 1. The van der Waals surface area contributed by atoms with Gasteiger partial charge in [-0.25, -0.2) is 19.0 Å². The Balaban J connectivity index is 0.000000209. The predicted octanol–water partition coefficient (Wildman–Crippen LogP) is 6.10. The third-order valence-corrected chi connectivity index (χ3v) is 5.58. The largest absolute Gasteiger partial charge is 0.464 e. The summed E-state index contributed by atoms with van der Waals surface area (Å²) in [6.45, 7) is 4.06. The van der Waals surface area contributed by atoms with Crippen LogP contribution in [0, 0.1) is 5.82 Å². The molecule has 3 N–H and O–H groups in total. The minimum absolute atomic E-state index is 0.129. The van der Waals surface area contributed by atoms with E-state index >= 15 is 0 Å². The summed E-state index contributed by atoms with van der Waals surface area (Å²) in [5.41, 5.74) is 8.42. The molecule has 2 aromatic carbocycles. The van der Waals surface area contributed by atoms with E-state index in [0.717, 1.165) is 29.4 Å². The first-order chi connectivity index (χ1) is 17.5. The SMILES string of the molecule is CC(C)n1nc(-c2ccc3c(C=O)coc3c2)c2c(N)ncnc21.CNc1cc(C(F)(F)F)ccc1F. The molecule has 0 radical (unpaired) electrons. The van der Waals surface area contributed by atoms with Gasteiger partial charge in [0.1, 0.15) is 35.5 Å². The van der Waals surface area contributed by atoms with E-state index < -0.39 is 17.6 Å². The van der Waals surface area contributed by atoms with Crippen molar-refractivity contribution in [2.75, 3.05) is 18.1 Å². The van der Waals surface area contributed by atoms with Crippen LogP contribution in [0.3, 0.4) is 0 Å². The number of aromatic nitrogens is 4. The lowest BCUT2D eigenvalue weighted by atomic mass is 10.1. The van der Waals surface area contributed by atoms with Crippen LogP contribution < -0.4 is 11.1 Å². The lowest BCUT2D eigenvalue weighted by Gasteiger charge is -2.08. The van der Waals surface area contributed by atoms with Crippen molar-refractivity contribution in [3.05, 3.63) is 65.9 Å². The highest BCUT2D eigenvalue weighted by Gasteiger charge is 2.31. The Labute approximate surface area is 208 Å². The summed E-state index contributed by atoms with van der Waals surface area (Å²) in [5, 5.41) is 8.49. The Morgan fingerprint density at radius 3 is 2.54 bits per heavy atom. The summed E-state index contributed by atoms with van der Waals surface area (Å²) < 4.78 is 56.3. The molecule has 0 amide bonds. The molecule has 3 heterocycles. The predicted molar refractivity (Wildman–Crippen MR) is 132 cm³/mol. The molecule has 192 valence electrons. The zero-order valence-corrected chi connectivity index (χ0v) is 20.0. The number of nitrogens with two attached hydrogens (primary N) is 1. The van der Waals surface area contributed by atoms with Crippen molar-refractivity contribution in [3.8, 4) is 11.3 Å². The van der Waals surface area contributed by atoms with Gasteiger partial charge in [0.25, 0.3) is 0 Å². The lowest BCUT2D eigenvalue weighted by molar-refractivity contribution is -0.137. The summed E-state index contributed by atoms with van der Waals surface area (Å²) in [5.74, 6) is -0.314. The fourth-order valence-electron chi connectivity index (χ4n) is 3.74. The van der Waals surface area contributed by atoms with Crippen LogP contribution in [-0.4, -0.2) is 33.1 Å². The van der Waals surface area contributed by atoms with Gasteiger partial charge in [-0.15, -0.1) is 0 Å². The maximum atomic E-state index is 12.7. The standard InChI is InChI=1S/C17H15N5O2.C8H7F4N/c1-9(2)22-17-14(16(18)19-8-20-17)15(21-22)10-3-4-12-11(6-23)7-24-13(12)5-10;1-13-7-4-5(8(10,11)12)2-3-6(7)9/h3-9H,1-2H3,(H2,18,19,20);2-4,13H,1H3. The van der Waals surface area contributed by atoms with E-state index in [1.54, 1.807) is 0 Å². The van der Waals surface area contributed by atoms with Gasteiger partial charge in [-0.05, 0) is 44.2 Å². The molecule has 0 fully saturated rings. The number of benzene rings is 2. The topological polar surface area (TPSA) is 112 Å². The van der Waals surface area contributed by atoms with Crippen molar-refractivity contribution >= 4 is 39.8 Å². The number of carbonyl (C=O) groups excluding carboxylic acids is 1. The highest BCUT2D eigenvalue weighted by atomic mass is 19.4. The molecule has 5 aromatic rings. The number of rotatable bonds is 4. The highest BCUT2D eigenvalue weighted by Crippen LogP contribution is 2.34. The molecule has 0 saturated carbocycles. The zero-order valence-electron chi connectivity index (χ0n) is 20.0. The molecular weight excluding hydrogens is 492 g/mol. The molecule has 0 aliphatic carbocycles. The van der Waals surface area contributed by atoms with Gasteiger partial charge in [0, 0.05) is 24.0 Å². The van der Waals surface area contributed by atoms with Gasteiger partial charge in [-0.2, -0.15) is 18.3 Å². The molecule has 8 nitrogen and oxygen atoms in total. The average Bonchev–Trinajstić information content (AvgIpc) is 3.46. The second-order valence-corrected chi connectivity index (χ2v) is 8.31. The number of carbonyl (C=O) groups is 1. The fourth-order valence-corrected chi connectivity index (χ4v) is 3.74. The second kappa shape index (κ2) is 9.88. The van der Waals surface area contributed by atoms with Gasteiger partial charge in [0.2, 0.25) is 0 Å². The number of furan rings is 1. The van der Waals surface area contributed by atoms with Gasteiger partial charge < -0.3 is 15.5 Å². The van der Waals surface area contributed by atoms with Gasteiger partial charge >= 0.3 is 6.18 Å². The third-order valence-electron chi connectivity index (χ3n) is 5.58. The molecular formula is C25H22F4N6O2. The number of halogens is 4. The fraction of sp³-hybridized carbons (Fsp3) is 0.200. The van der Waals surface area contributed by atoms with E-state index in [1.807, 2.05) is 36.7 Å². The number of anilines is 2. The number of alkyl halides is 3. The van der Waals surface area contributed by atoms with Gasteiger partial charge in [0.05, 0.1) is 22.2 Å². The maximum absolute atomic E-state index is 12.7. The summed E-state index contributed by atoms with van der Waals surface area (Å²) >= 11 is 0. The summed E-state index contributed by atoms with van der Waals surface area (Å²) in [6, 6.07) is 7.94. The average molecular weight is 514 g/mol. The van der Waals surface area contributed by atoms with E-state index in [0.29, 0.717) is 39.8 Å². The monoisotopic (exact) mass is 514 g/mol. The van der Waals surface area contributed by atoms with Crippen molar-refractivity contribution in [1.82, 2.24) is 19.7 Å². The minimum Gasteiger partial charge on any atom is -0.464 e. The summed E-state index contributed by atoms with van der Waals surface area (Å²) in [4.78, 5) is 19.4. The minimum atomic E-state index is -4.43. The Kier molecular flexibility index (Phi) is 6.84. The summed E-state index contributed by atoms with van der Waals surface area (Å²) in [6.07, 6.45) is -0.767. The van der Waals surface area contributed by atoms with Crippen molar-refractivity contribution in [3.63, 3.8) is 0 Å². The molecule has 0 spiro atoms. The number of nitrogens with zero attached hydrogens (tertiary/aromatic N) is 4. The van der Waals surface area contributed by atoms with Crippen LogP contribution in [0.5, 0.6) is 0 Å².